The van der Waals surface area contributed by atoms with Gasteiger partial charge >= 0.3 is 0 Å². The molecule has 2 unspecified atom stereocenters. The lowest BCUT2D eigenvalue weighted by Crippen LogP contribution is -2.24. The summed E-state index contributed by atoms with van der Waals surface area (Å²) in [6.07, 6.45) is 2.93. The van der Waals surface area contributed by atoms with Crippen molar-refractivity contribution in [1.82, 2.24) is 0 Å². The molecule has 1 N–H and O–H groups in total. The summed E-state index contributed by atoms with van der Waals surface area (Å²) in [5.41, 5.74) is 1.05. The van der Waals surface area contributed by atoms with E-state index < -0.39 is 6.10 Å². The van der Waals surface area contributed by atoms with Crippen molar-refractivity contribution >= 4 is 15.9 Å². The molecule has 0 aliphatic heterocycles. The Hall–Kier alpha value is -0.740. The van der Waals surface area contributed by atoms with E-state index >= 15 is 0 Å². The van der Waals surface area contributed by atoms with Crippen LogP contribution in [0.25, 0.3) is 0 Å². The summed E-state index contributed by atoms with van der Waals surface area (Å²) in [5, 5.41) is 10.8. The first-order chi connectivity index (χ1) is 9.40. The van der Waals surface area contributed by atoms with E-state index in [1.165, 1.54) is 12.8 Å². The number of hydrogen-bond donors (Lipinski definition) is 1. The first-order valence-electron chi connectivity index (χ1n) is 7.00. The Morgan fingerprint density at radius 2 is 1.85 bits per heavy atom. The minimum Gasteiger partial charge on any atom is -0.493 e. The largest absolute Gasteiger partial charge is 0.493 e. The van der Waals surface area contributed by atoms with Crippen LogP contribution in [-0.4, -0.2) is 19.3 Å². The quantitative estimate of drug-likeness (QED) is 0.885. The monoisotopic (exact) mass is 342 g/mol. The second-order valence-electron chi connectivity index (χ2n) is 6.16. The molecule has 1 fully saturated rings. The van der Waals surface area contributed by atoms with E-state index in [4.69, 9.17) is 9.47 Å². The number of methoxy groups -OCH3 is 2. The second kappa shape index (κ2) is 5.94. The molecule has 0 aromatic heterocycles. The highest BCUT2D eigenvalue weighted by molar-refractivity contribution is 9.10. The lowest BCUT2D eigenvalue weighted by atomic mass is 9.77. The Balaban J connectivity index is 2.37. The maximum atomic E-state index is 10.8. The van der Waals surface area contributed by atoms with Crippen molar-refractivity contribution in [2.75, 3.05) is 14.2 Å². The van der Waals surface area contributed by atoms with Gasteiger partial charge < -0.3 is 14.6 Å². The first-order valence-corrected chi connectivity index (χ1v) is 7.79. The van der Waals surface area contributed by atoms with E-state index in [-0.39, 0.29) is 11.3 Å². The third kappa shape index (κ3) is 2.82. The van der Waals surface area contributed by atoms with Gasteiger partial charge in [-0.25, -0.2) is 0 Å². The van der Waals surface area contributed by atoms with Crippen molar-refractivity contribution in [3.05, 3.63) is 22.2 Å². The predicted octanol–water partition coefficient (Wildman–Crippen LogP) is 4.33. The molecule has 1 aromatic rings. The van der Waals surface area contributed by atoms with Crippen molar-refractivity contribution < 1.29 is 14.6 Å². The maximum Gasteiger partial charge on any atom is 0.161 e. The van der Waals surface area contributed by atoms with Crippen LogP contribution in [0.15, 0.2) is 16.6 Å². The molecule has 20 heavy (non-hydrogen) atoms. The summed E-state index contributed by atoms with van der Waals surface area (Å²) in [5.74, 6) is 1.60. The molecule has 2 atom stereocenters. The summed E-state index contributed by atoms with van der Waals surface area (Å²) in [7, 11) is 3.22. The number of aliphatic hydroxyl groups excluding tert-OH is 1. The summed E-state index contributed by atoms with van der Waals surface area (Å²) in [6, 6.07) is 3.74. The lowest BCUT2D eigenvalue weighted by molar-refractivity contribution is 0.0524. The second-order valence-corrected chi connectivity index (χ2v) is 7.02. The fourth-order valence-corrected chi connectivity index (χ4v) is 3.81. The standard InChI is InChI=1S/C16H23BrO3/c1-16(2)7-5-6-11(16)15(18)10-8-13(19-3)14(20-4)9-12(10)17/h8-9,11,15,18H,5-7H2,1-4H3. The molecule has 1 saturated carbocycles. The summed E-state index contributed by atoms with van der Waals surface area (Å²) in [6.45, 7) is 4.48. The van der Waals surface area contributed by atoms with Crippen LogP contribution in [0.3, 0.4) is 0 Å². The normalized spacial score (nSPS) is 22.6. The summed E-state index contributed by atoms with van der Waals surface area (Å²) in [4.78, 5) is 0. The van der Waals surface area contributed by atoms with Gasteiger partial charge in [-0.2, -0.15) is 0 Å². The van der Waals surface area contributed by atoms with Crippen molar-refractivity contribution in [2.45, 2.75) is 39.2 Å². The van der Waals surface area contributed by atoms with E-state index in [1.54, 1.807) is 14.2 Å². The SMILES string of the molecule is COc1cc(Br)c(C(O)C2CCCC2(C)C)cc1OC. The molecule has 112 valence electrons. The van der Waals surface area contributed by atoms with Gasteiger partial charge in [0.1, 0.15) is 0 Å². The number of rotatable bonds is 4. The molecule has 1 aromatic carbocycles. The average Bonchev–Trinajstić information content (AvgIpc) is 2.77. The van der Waals surface area contributed by atoms with Gasteiger partial charge in [-0.1, -0.05) is 36.2 Å². The van der Waals surface area contributed by atoms with Gasteiger partial charge in [-0.15, -0.1) is 0 Å². The molecule has 0 heterocycles. The van der Waals surface area contributed by atoms with Crippen LogP contribution in [-0.2, 0) is 0 Å². The maximum absolute atomic E-state index is 10.8. The van der Waals surface area contributed by atoms with E-state index in [0.717, 1.165) is 16.5 Å². The number of aliphatic hydroxyl groups is 1. The number of hydrogen-bond acceptors (Lipinski definition) is 3. The van der Waals surface area contributed by atoms with Gasteiger partial charge in [0.2, 0.25) is 0 Å². The van der Waals surface area contributed by atoms with Gasteiger partial charge in [-0.05, 0) is 41.9 Å². The van der Waals surface area contributed by atoms with Crippen LogP contribution in [0.4, 0.5) is 0 Å². The fraction of sp³-hybridized carbons (Fsp3) is 0.625. The van der Waals surface area contributed by atoms with Crippen LogP contribution >= 0.6 is 15.9 Å². The predicted molar refractivity (Wildman–Crippen MR) is 83.3 cm³/mol. The topological polar surface area (TPSA) is 38.7 Å². The molecule has 0 saturated heterocycles. The van der Waals surface area contributed by atoms with Crippen molar-refractivity contribution in [1.29, 1.82) is 0 Å². The van der Waals surface area contributed by atoms with Crippen LogP contribution in [0.1, 0.15) is 44.8 Å². The number of ether oxygens (including phenoxy) is 2. The Morgan fingerprint density at radius 3 is 2.35 bits per heavy atom. The van der Waals surface area contributed by atoms with E-state index in [0.29, 0.717) is 11.5 Å². The Bertz CT molecular complexity index is 485. The molecule has 1 aliphatic rings. The molecule has 0 amide bonds. The Morgan fingerprint density at radius 1 is 1.25 bits per heavy atom. The summed E-state index contributed by atoms with van der Waals surface area (Å²) < 4.78 is 11.5. The Kier molecular flexibility index (Phi) is 4.65. The summed E-state index contributed by atoms with van der Waals surface area (Å²) >= 11 is 3.54. The van der Waals surface area contributed by atoms with E-state index in [1.807, 2.05) is 12.1 Å². The Labute approximate surface area is 129 Å². The van der Waals surface area contributed by atoms with Crippen LogP contribution in [0, 0.1) is 11.3 Å². The molecule has 4 heteroatoms. The zero-order chi connectivity index (χ0) is 14.9. The van der Waals surface area contributed by atoms with Crippen molar-refractivity contribution in [3.63, 3.8) is 0 Å². The van der Waals surface area contributed by atoms with Gasteiger partial charge in [0, 0.05) is 4.47 Å². The van der Waals surface area contributed by atoms with Gasteiger partial charge in [0.05, 0.1) is 20.3 Å². The van der Waals surface area contributed by atoms with Crippen LogP contribution in [0.2, 0.25) is 0 Å². The minimum absolute atomic E-state index is 0.173. The minimum atomic E-state index is -0.485. The molecule has 0 bridgehead atoms. The van der Waals surface area contributed by atoms with E-state index in [2.05, 4.69) is 29.8 Å². The lowest BCUT2D eigenvalue weighted by Gasteiger charge is -2.32. The zero-order valence-corrected chi connectivity index (χ0v) is 14.2. The van der Waals surface area contributed by atoms with Gasteiger partial charge in [0.25, 0.3) is 0 Å². The van der Waals surface area contributed by atoms with Crippen LogP contribution in [0.5, 0.6) is 11.5 Å². The smallest absolute Gasteiger partial charge is 0.161 e. The molecule has 0 radical (unpaired) electrons. The van der Waals surface area contributed by atoms with Crippen molar-refractivity contribution in [3.8, 4) is 11.5 Å². The highest BCUT2D eigenvalue weighted by Gasteiger charge is 2.40. The van der Waals surface area contributed by atoms with Crippen LogP contribution < -0.4 is 9.47 Å². The number of halogens is 1. The first kappa shape index (κ1) is 15.6. The molecule has 2 rings (SSSR count). The highest BCUT2D eigenvalue weighted by atomic mass is 79.9. The molecule has 0 spiro atoms. The molecule has 3 nitrogen and oxygen atoms in total. The fourth-order valence-electron chi connectivity index (χ4n) is 3.25. The highest BCUT2D eigenvalue weighted by Crippen LogP contribution is 2.50. The van der Waals surface area contributed by atoms with Gasteiger partial charge in [-0.3, -0.25) is 0 Å². The number of benzene rings is 1. The molecular weight excluding hydrogens is 320 g/mol. The molecule has 1 aliphatic carbocycles. The van der Waals surface area contributed by atoms with Gasteiger partial charge in [0.15, 0.2) is 11.5 Å². The average molecular weight is 343 g/mol. The van der Waals surface area contributed by atoms with Crippen molar-refractivity contribution in [2.24, 2.45) is 11.3 Å². The third-order valence-corrected chi connectivity index (χ3v) is 5.23. The van der Waals surface area contributed by atoms with E-state index in [9.17, 15) is 5.11 Å². The zero-order valence-electron chi connectivity index (χ0n) is 12.6. The third-order valence-electron chi connectivity index (χ3n) is 4.54. The molecular formula is C16H23BrO3.